The minimum absolute atomic E-state index is 0.175. The van der Waals surface area contributed by atoms with Crippen LogP contribution in [0.5, 0.6) is 0 Å². The minimum atomic E-state index is -3.36. The molecule has 0 saturated carbocycles. The number of carbonyl (C=O) groups is 1. The first-order valence-corrected chi connectivity index (χ1v) is 12.5. The second kappa shape index (κ2) is 11.3. The maximum atomic E-state index is 12.2. The van der Waals surface area contributed by atoms with Crippen LogP contribution >= 0.6 is 0 Å². The number of carbonyl (C=O) groups excluding carboxylic acids is 1. The molecule has 7 heteroatoms. The van der Waals surface area contributed by atoms with Gasteiger partial charge in [-0.25, -0.2) is 13.1 Å². The van der Waals surface area contributed by atoms with Gasteiger partial charge in [0.1, 0.15) is 0 Å². The Bertz CT molecular complexity index is 1010. The lowest BCUT2D eigenvalue weighted by Crippen LogP contribution is -2.39. The van der Waals surface area contributed by atoms with Gasteiger partial charge in [-0.2, -0.15) is 0 Å². The number of amides is 1. The number of terminal acetylenes is 1. The molecule has 0 saturated heterocycles. The zero-order valence-electron chi connectivity index (χ0n) is 19.6. The van der Waals surface area contributed by atoms with Gasteiger partial charge in [-0.05, 0) is 70.2 Å². The summed E-state index contributed by atoms with van der Waals surface area (Å²) in [6.07, 6.45) is 11.7. The molecule has 2 N–H and O–H groups in total. The molecule has 1 aromatic carbocycles. The molecule has 0 bridgehead atoms. The number of hydrogen-bond donors (Lipinski definition) is 2. The maximum absolute atomic E-state index is 12.2. The molecule has 0 spiro atoms. The monoisotopic (exact) mass is 457 g/mol. The highest BCUT2D eigenvalue weighted by Crippen LogP contribution is 2.21. The third-order valence-corrected chi connectivity index (χ3v) is 7.68. The second-order valence-electron chi connectivity index (χ2n) is 8.99. The molecule has 1 aliphatic heterocycles. The highest BCUT2D eigenvalue weighted by atomic mass is 32.2. The average molecular weight is 458 g/mol. The molecule has 0 aromatic heterocycles. The number of rotatable bonds is 9. The van der Waals surface area contributed by atoms with Crippen LogP contribution in [0.25, 0.3) is 0 Å². The average Bonchev–Trinajstić information content (AvgIpc) is 2.74. The molecule has 0 aliphatic carbocycles. The Balaban J connectivity index is 1.80. The van der Waals surface area contributed by atoms with Crippen molar-refractivity contribution in [3.8, 4) is 12.3 Å². The van der Waals surface area contributed by atoms with Gasteiger partial charge in [0.15, 0.2) is 0 Å². The molecule has 1 heterocycles. The molecule has 1 aliphatic rings. The van der Waals surface area contributed by atoms with Crippen molar-refractivity contribution < 1.29 is 13.2 Å². The molecule has 0 atom stereocenters. The van der Waals surface area contributed by atoms with E-state index in [1.165, 1.54) is 11.1 Å². The van der Waals surface area contributed by atoms with E-state index in [4.69, 9.17) is 6.42 Å². The summed E-state index contributed by atoms with van der Waals surface area (Å²) in [6, 6.07) is 8.47. The minimum Gasteiger partial charge on any atom is -0.370 e. The number of sulfonamides is 1. The van der Waals surface area contributed by atoms with Crippen LogP contribution in [0.1, 0.15) is 58.1 Å². The SMILES string of the molecule is C#C/C(=C\C=C(/C)N1CCc2ccccc2C1)NC(=O)CCCCNS(=O)(=O)C(C)(C)C. The molecular weight excluding hydrogens is 422 g/mol. The summed E-state index contributed by atoms with van der Waals surface area (Å²) in [5.74, 6) is 2.34. The normalized spacial score (nSPS) is 15.2. The fraction of sp³-hybridized carbons (Fsp3) is 0.480. The third-order valence-electron chi connectivity index (χ3n) is 5.48. The van der Waals surface area contributed by atoms with Crippen LogP contribution < -0.4 is 10.0 Å². The lowest BCUT2D eigenvalue weighted by atomic mass is 9.99. The van der Waals surface area contributed by atoms with E-state index < -0.39 is 14.8 Å². The summed E-state index contributed by atoms with van der Waals surface area (Å²) in [7, 11) is -3.36. The Hall–Kier alpha value is -2.56. The van der Waals surface area contributed by atoms with E-state index in [1.54, 1.807) is 26.8 Å². The van der Waals surface area contributed by atoms with Crippen LogP contribution in [0.3, 0.4) is 0 Å². The van der Waals surface area contributed by atoms with Crippen molar-refractivity contribution in [2.45, 2.75) is 64.7 Å². The summed E-state index contributed by atoms with van der Waals surface area (Å²) >= 11 is 0. The second-order valence-corrected chi connectivity index (χ2v) is 11.5. The predicted octanol–water partition coefficient (Wildman–Crippen LogP) is 3.47. The van der Waals surface area contributed by atoms with Crippen molar-refractivity contribution >= 4 is 15.9 Å². The van der Waals surface area contributed by atoms with Gasteiger partial charge in [0, 0.05) is 31.8 Å². The van der Waals surface area contributed by atoms with Crippen LogP contribution in [-0.2, 0) is 27.8 Å². The van der Waals surface area contributed by atoms with Gasteiger partial charge in [0.2, 0.25) is 15.9 Å². The lowest BCUT2D eigenvalue weighted by Gasteiger charge is -2.31. The summed E-state index contributed by atoms with van der Waals surface area (Å²) in [6.45, 7) is 9.11. The standard InChI is InChI=1S/C25H35N3O3S/c1-6-23(27-24(29)13-9-10-17-26-32(30,31)25(3,4)5)15-14-20(2)28-18-16-21-11-7-8-12-22(21)19-28/h1,7-8,11-12,14-15,26H,9-10,13,16-19H2,2-5H3,(H,27,29)/b20-14+,23-15+. The fourth-order valence-corrected chi connectivity index (χ4v) is 4.12. The summed E-state index contributed by atoms with van der Waals surface area (Å²) < 4.78 is 25.7. The number of nitrogens with zero attached hydrogens (tertiary/aromatic N) is 1. The largest absolute Gasteiger partial charge is 0.370 e. The molecule has 32 heavy (non-hydrogen) atoms. The summed E-state index contributed by atoms with van der Waals surface area (Å²) in [5.41, 5.74) is 4.24. The topological polar surface area (TPSA) is 78.5 Å². The molecule has 0 unspecified atom stereocenters. The van der Waals surface area contributed by atoms with Gasteiger partial charge >= 0.3 is 0 Å². The number of hydrogen-bond acceptors (Lipinski definition) is 4. The van der Waals surface area contributed by atoms with Gasteiger partial charge in [0.25, 0.3) is 0 Å². The predicted molar refractivity (Wildman–Crippen MR) is 130 cm³/mol. The van der Waals surface area contributed by atoms with Crippen LogP contribution in [0.2, 0.25) is 0 Å². The zero-order valence-corrected chi connectivity index (χ0v) is 20.4. The molecule has 1 amide bonds. The highest BCUT2D eigenvalue weighted by Gasteiger charge is 2.28. The quantitative estimate of drug-likeness (QED) is 0.338. The lowest BCUT2D eigenvalue weighted by molar-refractivity contribution is -0.120. The number of benzene rings is 1. The first-order valence-electron chi connectivity index (χ1n) is 11.0. The van der Waals surface area contributed by atoms with Crippen molar-refractivity contribution in [3.63, 3.8) is 0 Å². The molecule has 2 rings (SSSR count). The van der Waals surface area contributed by atoms with Gasteiger partial charge in [-0.15, -0.1) is 6.42 Å². The number of allylic oxidation sites excluding steroid dienone is 4. The van der Waals surface area contributed by atoms with Crippen molar-refractivity contribution in [1.29, 1.82) is 0 Å². The summed E-state index contributed by atoms with van der Waals surface area (Å²) in [4.78, 5) is 14.5. The zero-order chi connectivity index (χ0) is 23.8. The molecule has 0 fully saturated rings. The van der Waals surface area contributed by atoms with E-state index in [9.17, 15) is 13.2 Å². The Morgan fingerprint density at radius 3 is 2.53 bits per heavy atom. The third kappa shape index (κ3) is 7.54. The van der Waals surface area contributed by atoms with Crippen LogP contribution in [0.4, 0.5) is 0 Å². The Labute approximate surface area is 193 Å². The number of unbranched alkanes of at least 4 members (excludes halogenated alkanes) is 1. The van der Waals surface area contributed by atoms with E-state index in [-0.39, 0.29) is 12.3 Å². The van der Waals surface area contributed by atoms with Gasteiger partial charge in [0.05, 0.1) is 10.4 Å². The first-order chi connectivity index (χ1) is 15.0. The Kier molecular flexibility index (Phi) is 9.11. The van der Waals surface area contributed by atoms with E-state index in [0.29, 0.717) is 25.1 Å². The van der Waals surface area contributed by atoms with Crippen LogP contribution in [-0.4, -0.2) is 37.1 Å². The summed E-state index contributed by atoms with van der Waals surface area (Å²) in [5, 5.41) is 2.76. The molecule has 174 valence electrons. The molecule has 0 radical (unpaired) electrons. The van der Waals surface area contributed by atoms with E-state index in [1.807, 2.05) is 13.0 Å². The van der Waals surface area contributed by atoms with Crippen molar-refractivity contribution in [2.24, 2.45) is 0 Å². The van der Waals surface area contributed by atoms with Crippen molar-refractivity contribution in [1.82, 2.24) is 14.9 Å². The van der Waals surface area contributed by atoms with Gasteiger partial charge < -0.3 is 10.2 Å². The number of fused-ring (bicyclic) bond motifs is 1. The Morgan fingerprint density at radius 2 is 1.88 bits per heavy atom. The van der Waals surface area contributed by atoms with Crippen molar-refractivity contribution in [2.75, 3.05) is 13.1 Å². The molecular formula is C25H35N3O3S. The van der Waals surface area contributed by atoms with Crippen molar-refractivity contribution in [3.05, 3.63) is 58.9 Å². The highest BCUT2D eigenvalue weighted by molar-refractivity contribution is 7.90. The van der Waals surface area contributed by atoms with E-state index in [0.717, 1.165) is 25.2 Å². The Morgan fingerprint density at radius 1 is 1.19 bits per heavy atom. The van der Waals surface area contributed by atoms with Crippen LogP contribution in [0.15, 0.2) is 47.8 Å². The first kappa shape index (κ1) is 25.7. The van der Waals surface area contributed by atoms with E-state index in [2.05, 4.69) is 45.1 Å². The van der Waals surface area contributed by atoms with Crippen LogP contribution in [0, 0.1) is 12.3 Å². The van der Waals surface area contributed by atoms with Gasteiger partial charge in [-0.1, -0.05) is 30.2 Å². The molecule has 6 nitrogen and oxygen atoms in total. The number of nitrogens with one attached hydrogen (secondary N) is 2. The smallest absolute Gasteiger partial charge is 0.224 e. The van der Waals surface area contributed by atoms with Gasteiger partial charge in [-0.3, -0.25) is 4.79 Å². The maximum Gasteiger partial charge on any atom is 0.224 e. The molecule has 1 aromatic rings. The van der Waals surface area contributed by atoms with E-state index >= 15 is 0 Å². The fourth-order valence-electron chi connectivity index (χ4n) is 3.28.